The molecule has 0 amide bonds. The molecule has 170 valence electrons. The number of esters is 1. The topological polar surface area (TPSA) is 61.3 Å². The van der Waals surface area contributed by atoms with Crippen molar-refractivity contribution in [3.05, 3.63) is 36.5 Å². The zero-order valence-electron chi connectivity index (χ0n) is 19.4. The van der Waals surface area contributed by atoms with Crippen molar-refractivity contribution >= 4 is 5.97 Å². The Morgan fingerprint density at radius 1 is 1.00 bits per heavy atom. The Bertz CT molecular complexity index is 765. The molecule has 5 nitrogen and oxygen atoms in total. The summed E-state index contributed by atoms with van der Waals surface area (Å²) in [6.45, 7) is 7.12. The molecule has 0 saturated carbocycles. The van der Waals surface area contributed by atoms with E-state index in [2.05, 4.69) is 30.7 Å². The molecular formula is C26H38N2O3. The van der Waals surface area contributed by atoms with Gasteiger partial charge in [-0.2, -0.15) is 9.97 Å². The predicted molar refractivity (Wildman–Crippen MR) is 125 cm³/mol. The van der Waals surface area contributed by atoms with Crippen molar-refractivity contribution < 1.29 is 14.3 Å². The summed E-state index contributed by atoms with van der Waals surface area (Å²) in [7, 11) is 0. The standard InChI is InChI=1S/C26H38N2O3/c1-4-6-7-8-9-10-14-19-30-23-20-27-26(31-24(29)18-17-21(3)5-2)28-25(23)22-15-12-11-13-16-22/h11-13,15-16,20-21H,4-10,14,17-19H2,1-3H3. The number of carbonyl (C=O) groups excluding carboxylic acids is 1. The highest BCUT2D eigenvalue weighted by atomic mass is 16.5. The van der Waals surface area contributed by atoms with E-state index in [0.717, 1.165) is 31.2 Å². The lowest BCUT2D eigenvalue weighted by Gasteiger charge is -2.12. The number of hydrogen-bond acceptors (Lipinski definition) is 5. The number of rotatable bonds is 15. The molecule has 1 aromatic heterocycles. The molecule has 0 spiro atoms. The Balaban J connectivity index is 1.96. The Morgan fingerprint density at radius 2 is 1.71 bits per heavy atom. The van der Waals surface area contributed by atoms with E-state index in [1.54, 1.807) is 6.20 Å². The van der Waals surface area contributed by atoms with E-state index in [-0.39, 0.29) is 12.0 Å². The molecule has 0 N–H and O–H groups in total. The minimum absolute atomic E-state index is 0.0799. The van der Waals surface area contributed by atoms with Crippen LogP contribution >= 0.6 is 0 Å². The number of ether oxygens (including phenoxy) is 2. The molecule has 1 heterocycles. The first kappa shape index (κ1) is 24.8. The maximum absolute atomic E-state index is 12.2. The van der Waals surface area contributed by atoms with E-state index in [9.17, 15) is 4.79 Å². The fourth-order valence-corrected chi connectivity index (χ4v) is 3.27. The Kier molecular flexibility index (Phi) is 11.7. The zero-order valence-corrected chi connectivity index (χ0v) is 19.4. The van der Waals surface area contributed by atoms with E-state index in [0.29, 0.717) is 30.4 Å². The summed E-state index contributed by atoms with van der Waals surface area (Å²) >= 11 is 0. The third-order valence-electron chi connectivity index (χ3n) is 5.53. The highest BCUT2D eigenvalue weighted by Crippen LogP contribution is 2.29. The van der Waals surface area contributed by atoms with Gasteiger partial charge in [-0.3, -0.25) is 4.79 Å². The highest BCUT2D eigenvalue weighted by Gasteiger charge is 2.15. The number of unbranched alkanes of at least 4 members (excludes halogenated alkanes) is 6. The van der Waals surface area contributed by atoms with Crippen molar-refractivity contribution in [2.45, 2.75) is 85.0 Å². The summed E-state index contributed by atoms with van der Waals surface area (Å²) in [4.78, 5) is 20.9. The molecule has 5 heteroatoms. The van der Waals surface area contributed by atoms with E-state index in [1.807, 2.05) is 30.3 Å². The predicted octanol–water partition coefficient (Wildman–Crippen LogP) is 7.00. The molecule has 31 heavy (non-hydrogen) atoms. The van der Waals surface area contributed by atoms with Gasteiger partial charge in [0.25, 0.3) is 0 Å². The van der Waals surface area contributed by atoms with Crippen LogP contribution in [-0.2, 0) is 4.79 Å². The summed E-state index contributed by atoms with van der Waals surface area (Å²) < 4.78 is 11.4. The lowest BCUT2D eigenvalue weighted by atomic mass is 10.0. The molecule has 1 atom stereocenters. The van der Waals surface area contributed by atoms with Gasteiger partial charge in [-0.05, 0) is 18.8 Å². The molecule has 0 radical (unpaired) electrons. The number of hydrogen-bond donors (Lipinski definition) is 0. The number of carbonyl (C=O) groups is 1. The number of nitrogens with zero attached hydrogens (tertiary/aromatic N) is 2. The Hall–Kier alpha value is -2.43. The largest absolute Gasteiger partial charge is 0.490 e. The first-order valence-electron chi connectivity index (χ1n) is 11.9. The van der Waals surface area contributed by atoms with Gasteiger partial charge in [-0.1, -0.05) is 96.0 Å². The van der Waals surface area contributed by atoms with Crippen LogP contribution in [0, 0.1) is 5.92 Å². The van der Waals surface area contributed by atoms with Gasteiger partial charge in [0.2, 0.25) is 0 Å². The average molecular weight is 427 g/mol. The summed E-state index contributed by atoms with van der Waals surface area (Å²) in [6, 6.07) is 9.88. The van der Waals surface area contributed by atoms with Crippen LogP contribution in [0.2, 0.25) is 0 Å². The Morgan fingerprint density at radius 3 is 2.42 bits per heavy atom. The number of benzene rings is 1. The molecule has 0 aliphatic carbocycles. The maximum atomic E-state index is 12.2. The minimum Gasteiger partial charge on any atom is -0.490 e. The zero-order chi connectivity index (χ0) is 22.3. The highest BCUT2D eigenvalue weighted by molar-refractivity contribution is 5.72. The summed E-state index contributed by atoms with van der Waals surface area (Å²) in [6.07, 6.45) is 12.5. The van der Waals surface area contributed by atoms with Gasteiger partial charge < -0.3 is 9.47 Å². The van der Waals surface area contributed by atoms with Crippen LogP contribution < -0.4 is 9.47 Å². The van der Waals surface area contributed by atoms with Gasteiger partial charge in [-0.15, -0.1) is 0 Å². The van der Waals surface area contributed by atoms with E-state index < -0.39 is 0 Å². The van der Waals surface area contributed by atoms with Crippen LogP contribution in [0.1, 0.15) is 85.0 Å². The van der Waals surface area contributed by atoms with Crippen LogP contribution in [-0.4, -0.2) is 22.5 Å². The molecule has 2 aromatic rings. The van der Waals surface area contributed by atoms with Gasteiger partial charge in [0.05, 0.1) is 12.8 Å². The fraction of sp³-hybridized carbons (Fsp3) is 0.577. The first-order chi connectivity index (χ1) is 15.1. The first-order valence-corrected chi connectivity index (χ1v) is 11.9. The van der Waals surface area contributed by atoms with Gasteiger partial charge in [0, 0.05) is 12.0 Å². The molecule has 0 fully saturated rings. The van der Waals surface area contributed by atoms with E-state index >= 15 is 0 Å². The van der Waals surface area contributed by atoms with Crippen LogP contribution in [0.3, 0.4) is 0 Å². The Labute approximate surface area is 187 Å². The molecule has 2 rings (SSSR count). The molecule has 0 saturated heterocycles. The lowest BCUT2D eigenvalue weighted by Crippen LogP contribution is -2.12. The second kappa shape index (κ2) is 14.6. The normalized spacial score (nSPS) is 11.8. The maximum Gasteiger partial charge on any atom is 0.325 e. The van der Waals surface area contributed by atoms with Gasteiger partial charge >= 0.3 is 12.0 Å². The third kappa shape index (κ3) is 9.50. The molecule has 0 aliphatic rings. The molecular weight excluding hydrogens is 388 g/mol. The molecule has 1 aromatic carbocycles. The van der Waals surface area contributed by atoms with Crippen molar-refractivity contribution in [1.82, 2.24) is 9.97 Å². The molecule has 0 aliphatic heterocycles. The van der Waals surface area contributed by atoms with Crippen molar-refractivity contribution in [1.29, 1.82) is 0 Å². The smallest absolute Gasteiger partial charge is 0.325 e. The van der Waals surface area contributed by atoms with Crippen molar-refractivity contribution in [2.75, 3.05) is 6.61 Å². The summed E-state index contributed by atoms with van der Waals surface area (Å²) in [5.41, 5.74) is 1.57. The second-order valence-electron chi connectivity index (χ2n) is 8.23. The number of aromatic nitrogens is 2. The minimum atomic E-state index is -0.295. The van der Waals surface area contributed by atoms with Crippen LogP contribution in [0.5, 0.6) is 11.8 Å². The fourth-order valence-electron chi connectivity index (χ4n) is 3.27. The van der Waals surface area contributed by atoms with Crippen LogP contribution in [0.4, 0.5) is 0 Å². The summed E-state index contributed by atoms with van der Waals surface area (Å²) in [5.74, 6) is 0.823. The van der Waals surface area contributed by atoms with E-state index in [4.69, 9.17) is 9.47 Å². The van der Waals surface area contributed by atoms with Gasteiger partial charge in [0.15, 0.2) is 5.75 Å². The lowest BCUT2D eigenvalue weighted by molar-refractivity contribution is -0.135. The SMILES string of the molecule is CCCCCCCCCOc1cnc(OC(=O)CCC(C)CC)nc1-c1ccccc1. The second-order valence-corrected chi connectivity index (χ2v) is 8.23. The van der Waals surface area contributed by atoms with Crippen molar-refractivity contribution in [3.8, 4) is 23.0 Å². The van der Waals surface area contributed by atoms with Crippen LogP contribution in [0.15, 0.2) is 36.5 Å². The third-order valence-corrected chi connectivity index (χ3v) is 5.53. The van der Waals surface area contributed by atoms with Crippen molar-refractivity contribution in [3.63, 3.8) is 0 Å². The summed E-state index contributed by atoms with van der Waals surface area (Å²) in [5, 5.41) is 0. The van der Waals surface area contributed by atoms with Gasteiger partial charge in [0.1, 0.15) is 5.69 Å². The quantitative estimate of drug-likeness (QED) is 0.226. The van der Waals surface area contributed by atoms with Crippen LogP contribution in [0.25, 0.3) is 11.3 Å². The molecule has 0 bridgehead atoms. The van der Waals surface area contributed by atoms with E-state index in [1.165, 1.54) is 32.1 Å². The van der Waals surface area contributed by atoms with Crippen molar-refractivity contribution in [2.24, 2.45) is 5.92 Å². The van der Waals surface area contributed by atoms with Gasteiger partial charge in [-0.25, -0.2) is 0 Å². The molecule has 1 unspecified atom stereocenters. The average Bonchev–Trinajstić information content (AvgIpc) is 2.80. The monoisotopic (exact) mass is 426 g/mol.